The van der Waals surface area contributed by atoms with Crippen LogP contribution in [0.15, 0.2) is 29.0 Å². The number of rotatable bonds is 6. The van der Waals surface area contributed by atoms with Gasteiger partial charge in [-0.15, -0.1) is 0 Å². The lowest BCUT2D eigenvalue weighted by Gasteiger charge is -2.11. The third-order valence-corrected chi connectivity index (χ3v) is 3.54. The predicted octanol–water partition coefficient (Wildman–Crippen LogP) is 3.95. The highest BCUT2D eigenvalue weighted by atomic mass is 79.9. The van der Waals surface area contributed by atoms with Gasteiger partial charge >= 0.3 is 0 Å². The van der Waals surface area contributed by atoms with E-state index in [1.54, 1.807) is 0 Å². The number of anilines is 2. The number of hydrogen-bond donors (Lipinski definition) is 2. The van der Waals surface area contributed by atoms with Crippen LogP contribution in [0.25, 0.3) is 0 Å². The molecule has 0 saturated carbocycles. The molecule has 2 aromatic rings. The summed E-state index contributed by atoms with van der Waals surface area (Å²) >= 11 is 3.40. The minimum absolute atomic E-state index is 0.131. The number of hydrogen-bond acceptors (Lipinski definition) is 4. The molecule has 0 aliphatic carbocycles. The molecule has 0 aliphatic heterocycles. The van der Waals surface area contributed by atoms with E-state index >= 15 is 0 Å². The van der Waals surface area contributed by atoms with Crippen molar-refractivity contribution in [1.29, 1.82) is 0 Å². The summed E-state index contributed by atoms with van der Waals surface area (Å²) in [5.74, 6) is 0.250. The number of nitrogens with zero attached hydrogens (tertiary/aromatic N) is 2. The largest absolute Gasteiger partial charge is 0.369 e. The Labute approximate surface area is 130 Å². The third kappa shape index (κ3) is 4.10. The molecule has 0 fully saturated rings. The van der Waals surface area contributed by atoms with Gasteiger partial charge in [0.05, 0.1) is 0 Å². The van der Waals surface area contributed by atoms with Crippen molar-refractivity contribution in [2.75, 3.05) is 17.2 Å². The van der Waals surface area contributed by atoms with Crippen molar-refractivity contribution in [3.05, 3.63) is 46.2 Å². The molecule has 0 spiro atoms. The van der Waals surface area contributed by atoms with Gasteiger partial charge in [0.2, 0.25) is 0 Å². The van der Waals surface area contributed by atoms with E-state index in [-0.39, 0.29) is 12.1 Å². The lowest BCUT2D eigenvalue weighted by atomic mass is 10.2. The molecule has 7 heteroatoms. The van der Waals surface area contributed by atoms with Crippen LogP contribution < -0.4 is 10.6 Å². The van der Waals surface area contributed by atoms with Gasteiger partial charge in [-0.1, -0.05) is 6.92 Å². The quantitative estimate of drug-likeness (QED) is 0.822. The second-order valence-corrected chi connectivity index (χ2v) is 5.19. The predicted molar refractivity (Wildman–Crippen MR) is 82.2 cm³/mol. The zero-order chi connectivity index (χ0) is 15.2. The minimum atomic E-state index is -0.472. The second-order valence-electron chi connectivity index (χ2n) is 4.40. The summed E-state index contributed by atoms with van der Waals surface area (Å²) in [5.41, 5.74) is 0.239. The van der Waals surface area contributed by atoms with Crippen molar-refractivity contribution >= 4 is 27.6 Å². The Balaban J connectivity index is 2.11. The standard InChI is InChI=1S/C14H15BrF2N4/c1-2-5-18-13-12(15)14(21-8-20-13)19-7-9-6-10(16)3-4-11(9)17/h3-4,6,8H,2,5,7H2,1H3,(H2,18,19,20,21). The average molecular weight is 357 g/mol. The molecule has 2 rings (SSSR count). The van der Waals surface area contributed by atoms with Crippen molar-refractivity contribution in [2.45, 2.75) is 19.9 Å². The van der Waals surface area contributed by atoms with E-state index < -0.39 is 11.6 Å². The summed E-state index contributed by atoms with van der Waals surface area (Å²) in [5, 5.41) is 6.12. The topological polar surface area (TPSA) is 49.8 Å². The van der Waals surface area contributed by atoms with Crippen LogP contribution in [-0.2, 0) is 6.54 Å². The molecular formula is C14H15BrF2N4. The lowest BCUT2D eigenvalue weighted by molar-refractivity contribution is 0.587. The molecule has 1 aromatic carbocycles. The molecule has 1 aromatic heterocycles. The Morgan fingerprint density at radius 3 is 2.57 bits per heavy atom. The third-order valence-electron chi connectivity index (χ3n) is 2.79. The summed E-state index contributed by atoms with van der Waals surface area (Å²) in [6.45, 7) is 2.97. The fraction of sp³-hybridized carbons (Fsp3) is 0.286. The monoisotopic (exact) mass is 356 g/mol. The molecule has 0 saturated heterocycles. The van der Waals surface area contributed by atoms with Crippen molar-refractivity contribution in [2.24, 2.45) is 0 Å². The van der Waals surface area contributed by atoms with E-state index in [1.165, 1.54) is 6.33 Å². The summed E-state index contributed by atoms with van der Waals surface area (Å²) < 4.78 is 27.3. The van der Waals surface area contributed by atoms with E-state index in [0.29, 0.717) is 16.1 Å². The number of halogens is 3. The minimum Gasteiger partial charge on any atom is -0.369 e. The molecule has 0 aliphatic rings. The van der Waals surface area contributed by atoms with Crippen molar-refractivity contribution in [1.82, 2.24) is 9.97 Å². The fourth-order valence-corrected chi connectivity index (χ4v) is 2.20. The van der Waals surface area contributed by atoms with Crippen LogP contribution in [0.4, 0.5) is 20.4 Å². The molecule has 0 radical (unpaired) electrons. The number of nitrogens with one attached hydrogen (secondary N) is 2. The Kier molecular flexibility index (Phi) is 5.44. The fourth-order valence-electron chi connectivity index (χ4n) is 1.72. The zero-order valence-electron chi connectivity index (χ0n) is 11.5. The Morgan fingerprint density at radius 1 is 1.14 bits per heavy atom. The maximum absolute atomic E-state index is 13.6. The summed E-state index contributed by atoms with van der Waals surface area (Å²) in [6, 6.07) is 3.36. The molecule has 4 nitrogen and oxygen atoms in total. The van der Waals surface area contributed by atoms with Crippen LogP contribution in [-0.4, -0.2) is 16.5 Å². The van der Waals surface area contributed by atoms with Gasteiger partial charge in [-0.3, -0.25) is 0 Å². The van der Waals surface area contributed by atoms with Crippen molar-refractivity contribution in [3.8, 4) is 0 Å². The van der Waals surface area contributed by atoms with Crippen LogP contribution in [0.5, 0.6) is 0 Å². The zero-order valence-corrected chi connectivity index (χ0v) is 13.0. The smallest absolute Gasteiger partial charge is 0.146 e. The first-order valence-corrected chi connectivity index (χ1v) is 7.33. The van der Waals surface area contributed by atoms with E-state index in [4.69, 9.17) is 0 Å². The number of benzene rings is 1. The van der Waals surface area contributed by atoms with Gasteiger partial charge < -0.3 is 10.6 Å². The summed E-state index contributed by atoms with van der Waals surface area (Å²) in [7, 11) is 0. The molecule has 0 atom stereocenters. The Morgan fingerprint density at radius 2 is 1.86 bits per heavy atom. The average Bonchev–Trinajstić information content (AvgIpc) is 2.48. The van der Waals surface area contributed by atoms with Gasteiger partial charge in [-0.2, -0.15) is 0 Å². The molecule has 112 valence electrons. The second kappa shape index (κ2) is 7.31. The summed E-state index contributed by atoms with van der Waals surface area (Å²) in [4.78, 5) is 8.21. The normalized spacial score (nSPS) is 10.5. The first kappa shape index (κ1) is 15.6. The van der Waals surface area contributed by atoms with E-state index in [0.717, 1.165) is 31.2 Å². The summed E-state index contributed by atoms with van der Waals surface area (Å²) in [6.07, 6.45) is 2.38. The van der Waals surface area contributed by atoms with Gasteiger partial charge in [-0.25, -0.2) is 18.7 Å². The SMILES string of the molecule is CCCNc1ncnc(NCc2cc(F)ccc2F)c1Br. The van der Waals surface area contributed by atoms with E-state index in [9.17, 15) is 8.78 Å². The molecule has 0 unspecified atom stereocenters. The van der Waals surface area contributed by atoms with Gasteiger partial charge in [0, 0.05) is 18.7 Å². The van der Waals surface area contributed by atoms with Gasteiger partial charge in [-0.05, 0) is 40.5 Å². The van der Waals surface area contributed by atoms with E-state index in [2.05, 4.69) is 36.5 Å². The Hall–Kier alpha value is -1.76. The van der Waals surface area contributed by atoms with Crippen LogP contribution in [0.1, 0.15) is 18.9 Å². The highest BCUT2D eigenvalue weighted by Crippen LogP contribution is 2.27. The van der Waals surface area contributed by atoms with Crippen LogP contribution >= 0.6 is 15.9 Å². The van der Waals surface area contributed by atoms with Crippen LogP contribution in [0.3, 0.4) is 0 Å². The van der Waals surface area contributed by atoms with Crippen molar-refractivity contribution < 1.29 is 8.78 Å². The molecule has 21 heavy (non-hydrogen) atoms. The van der Waals surface area contributed by atoms with Crippen LogP contribution in [0.2, 0.25) is 0 Å². The first-order valence-electron chi connectivity index (χ1n) is 6.54. The van der Waals surface area contributed by atoms with E-state index in [1.807, 2.05) is 6.92 Å². The van der Waals surface area contributed by atoms with Gasteiger partial charge in [0.25, 0.3) is 0 Å². The molecule has 0 amide bonds. The maximum atomic E-state index is 13.6. The highest BCUT2D eigenvalue weighted by molar-refractivity contribution is 9.10. The number of aromatic nitrogens is 2. The Bertz CT molecular complexity index is 622. The lowest BCUT2D eigenvalue weighted by Crippen LogP contribution is -2.08. The van der Waals surface area contributed by atoms with Crippen molar-refractivity contribution in [3.63, 3.8) is 0 Å². The molecule has 2 N–H and O–H groups in total. The molecule has 1 heterocycles. The molecular weight excluding hydrogens is 342 g/mol. The van der Waals surface area contributed by atoms with Gasteiger partial charge in [0.1, 0.15) is 34.1 Å². The highest BCUT2D eigenvalue weighted by Gasteiger charge is 2.09. The first-order chi connectivity index (χ1) is 10.1. The maximum Gasteiger partial charge on any atom is 0.146 e. The van der Waals surface area contributed by atoms with Gasteiger partial charge in [0.15, 0.2) is 0 Å². The van der Waals surface area contributed by atoms with Crippen LogP contribution in [0, 0.1) is 11.6 Å². The molecule has 0 bridgehead atoms.